The highest BCUT2D eigenvalue weighted by atomic mass is 32.1. The maximum Gasteiger partial charge on any atom is 0.340 e. The van der Waals surface area contributed by atoms with Crippen molar-refractivity contribution in [3.63, 3.8) is 0 Å². The van der Waals surface area contributed by atoms with Gasteiger partial charge < -0.3 is 14.8 Å². The fraction of sp³-hybridized carbons (Fsp3) is 0.190. The summed E-state index contributed by atoms with van der Waals surface area (Å²) in [6.45, 7) is 3.78. The SMILES string of the molecule is CCOC(=O)c1ccccc1NC(=O)COc1ccc(-c2nc(C)cs2)cc1. The molecule has 6 nitrogen and oxygen atoms in total. The molecule has 0 radical (unpaired) electrons. The lowest BCUT2D eigenvalue weighted by Gasteiger charge is -2.11. The van der Waals surface area contributed by atoms with E-state index in [0.29, 0.717) is 17.0 Å². The minimum atomic E-state index is -0.479. The summed E-state index contributed by atoms with van der Waals surface area (Å²) >= 11 is 1.58. The number of aryl methyl sites for hydroxylation is 1. The molecule has 1 amide bonds. The Bertz CT molecular complexity index is 967. The third-order valence-corrected chi connectivity index (χ3v) is 4.80. The van der Waals surface area contributed by atoms with Crippen LogP contribution in [-0.2, 0) is 9.53 Å². The van der Waals surface area contributed by atoms with Crippen molar-refractivity contribution in [2.45, 2.75) is 13.8 Å². The minimum Gasteiger partial charge on any atom is -0.484 e. The van der Waals surface area contributed by atoms with Gasteiger partial charge in [-0.2, -0.15) is 0 Å². The summed E-state index contributed by atoms with van der Waals surface area (Å²) in [5.74, 6) is -0.269. The van der Waals surface area contributed by atoms with Gasteiger partial charge in [0.2, 0.25) is 0 Å². The molecule has 0 aliphatic rings. The van der Waals surface area contributed by atoms with Crippen molar-refractivity contribution in [3.8, 4) is 16.3 Å². The molecule has 0 aliphatic heterocycles. The number of hydrogen-bond donors (Lipinski definition) is 1. The molecule has 0 atom stereocenters. The minimum absolute atomic E-state index is 0.174. The van der Waals surface area contributed by atoms with Gasteiger partial charge in [0, 0.05) is 16.6 Å². The lowest BCUT2D eigenvalue weighted by molar-refractivity contribution is -0.118. The summed E-state index contributed by atoms with van der Waals surface area (Å²) in [5.41, 5.74) is 2.68. The molecule has 0 aliphatic carbocycles. The lowest BCUT2D eigenvalue weighted by atomic mass is 10.2. The number of benzene rings is 2. The average molecular weight is 396 g/mol. The standard InChI is InChI=1S/C21H20N2O4S/c1-3-26-21(25)17-6-4-5-7-18(17)23-19(24)12-27-16-10-8-15(9-11-16)20-22-14(2)13-28-20/h4-11,13H,3,12H2,1-2H3,(H,23,24). The number of nitrogens with zero attached hydrogens (tertiary/aromatic N) is 1. The van der Waals surface area contributed by atoms with E-state index in [4.69, 9.17) is 9.47 Å². The summed E-state index contributed by atoms with van der Waals surface area (Å²) in [6, 6.07) is 14.1. The number of hydrogen-bond acceptors (Lipinski definition) is 6. The summed E-state index contributed by atoms with van der Waals surface area (Å²) < 4.78 is 10.5. The van der Waals surface area contributed by atoms with Gasteiger partial charge in [0.25, 0.3) is 5.91 Å². The molecule has 7 heteroatoms. The van der Waals surface area contributed by atoms with Crippen molar-refractivity contribution in [1.82, 2.24) is 4.98 Å². The van der Waals surface area contributed by atoms with E-state index in [9.17, 15) is 9.59 Å². The number of anilines is 1. The smallest absolute Gasteiger partial charge is 0.340 e. The molecule has 2 aromatic carbocycles. The zero-order valence-electron chi connectivity index (χ0n) is 15.6. The molecular weight excluding hydrogens is 376 g/mol. The number of thiazole rings is 1. The highest BCUT2D eigenvalue weighted by molar-refractivity contribution is 7.13. The molecule has 1 N–H and O–H groups in total. The second-order valence-corrected chi connectivity index (χ2v) is 6.78. The first kappa shape index (κ1) is 19.6. The van der Waals surface area contributed by atoms with Gasteiger partial charge in [-0.15, -0.1) is 11.3 Å². The maximum atomic E-state index is 12.2. The molecule has 144 valence electrons. The molecule has 1 heterocycles. The average Bonchev–Trinajstić information content (AvgIpc) is 3.14. The van der Waals surface area contributed by atoms with Gasteiger partial charge in [-0.05, 0) is 50.2 Å². The molecule has 0 fully saturated rings. The third-order valence-electron chi connectivity index (χ3n) is 3.79. The molecule has 0 spiro atoms. The van der Waals surface area contributed by atoms with Gasteiger partial charge in [0.15, 0.2) is 6.61 Å². The number of esters is 1. The monoisotopic (exact) mass is 396 g/mol. The number of amides is 1. The van der Waals surface area contributed by atoms with Gasteiger partial charge in [-0.25, -0.2) is 9.78 Å². The Hall–Kier alpha value is -3.19. The molecular formula is C21H20N2O4S. The third kappa shape index (κ3) is 4.95. The fourth-order valence-corrected chi connectivity index (χ4v) is 3.30. The van der Waals surface area contributed by atoms with E-state index in [0.717, 1.165) is 16.3 Å². The van der Waals surface area contributed by atoms with Crippen LogP contribution in [0, 0.1) is 6.92 Å². The van der Waals surface area contributed by atoms with Crippen molar-refractivity contribution < 1.29 is 19.1 Å². The summed E-state index contributed by atoms with van der Waals surface area (Å²) in [7, 11) is 0. The fourth-order valence-electron chi connectivity index (χ4n) is 2.49. The van der Waals surface area contributed by atoms with Crippen LogP contribution in [0.1, 0.15) is 23.0 Å². The van der Waals surface area contributed by atoms with E-state index in [1.165, 1.54) is 0 Å². The lowest BCUT2D eigenvalue weighted by Crippen LogP contribution is -2.22. The Kier molecular flexibility index (Phi) is 6.39. The second-order valence-electron chi connectivity index (χ2n) is 5.92. The van der Waals surface area contributed by atoms with E-state index < -0.39 is 5.97 Å². The Morgan fingerprint density at radius 2 is 1.86 bits per heavy atom. The largest absolute Gasteiger partial charge is 0.484 e. The van der Waals surface area contributed by atoms with Crippen molar-refractivity contribution in [1.29, 1.82) is 0 Å². The van der Waals surface area contributed by atoms with Crippen LogP contribution in [0.5, 0.6) is 5.75 Å². The molecule has 0 unspecified atom stereocenters. The first-order chi connectivity index (χ1) is 13.6. The number of carbonyl (C=O) groups is 2. The van der Waals surface area contributed by atoms with Gasteiger partial charge in [-0.1, -0.05) is 12.1 Å². The zero-order valence-corrected chi connectivity index (χ0v) is 16.4. The van der Waals surface area contributed by atoms with Gasteiger partial charge >= 0.3 is 5.97 Å². The van der Waals surface area contributed by atoms with Crippen molar-refractivity contribution >= 4 is 28.9 Å². The van der Waals surface area contributed by atoms with Crippen LogP contribution in [0.4, 0.5) is 5.69 Å². The predicted molar refractivity (Wildman–Crippen MR) is 109 cm³/mol. The summed E-state index contributed by atoms with van der Waals surface area (Å²) in [4.78, 5) is 28.6. The number of para-hydroxylation sites is 1. The number of ether oxygens (including phenoxy) is 2. The van der Waals surface area contributed by atoms with Crippen LogP contribution in [0.25, 0.3) is 10.6 Å². The Balaban J connectivity index is 1.58. The first-order valence-electron chi connectivity index (χ1n) is 8.78. The van der Waals surface area contributed by atoms with Crippen molar-refractivity contribution in [3.05, 3.63) is 65.2 Å². The van der Waals surface area contributed by atoms with Crippen molar-refractivity contribution in [2.24, 2.45) is 0 Å². The van der Waals surface area contributed by atoms with Crippen LogP contribution >= 0.6 is 11.3 Å². The Morgan fingerprint density at radius 3 is 2.54 bits per heavy atom. The first-order valence-corrected chi connectivity index (χ1v) is 9.66. The molecule has 3 aromatic rings. The molecule has 3 rings (SSSR count). The normalized spacial score (nSPS) is 10.4. The zero-order chi connectivity index (χ0) is 19.9. The highest BCUT2D eigenvalue weighted by Crippen LogP contribution is 2.25. The van der Waals surface area contributed by atoms with E-state index in [1.54, 1.807) is 54.7 Å². The molecule has 1 aromatic heterocycles. The van der Waals surface area contributed by atoms with Gasteiger partial charge in [-0.3, -0.25) is 4.79 Å². The van der Waals surface area contributed by atoms with E-state index in [-0.39, 0.29) is 19.1 Å². The topological polar surface area (TPSA) is 77.5 Å². The van der Waals surface area contributed by atoms with Crippen LogP contribution in [0.2, 0.25) is 0 Å². The predicted octanol–water partition coefficient (Wildman–Crippen LogP) is 4.31. The van der Waals surface area contributed by atoms with E-state index in [2.05, 4.69) is 10.3 Å². The number of nitrogens with one attached hydrogen (secondary N) is 1. The van der Waals surface area contributed by atoms with E-state index in [1.807, 2.05) is 24.4 Å². The highest BCUT2D eigenvalue weighted by Gasteiger charge is 2.14. The van der Waals surface area contributed by atoms with Crippen molar-refractivity contribution in [2.75, 3.05) is 18.5 Å². The second kappa shape index (κ2) is 9.14. The van der Waals surface area contributed by atoms with Crippen LogP contribution < -0.4 is 10.1 Å². The van der Waals surface area contributed by atoms with Crippen LogP contribution in [0.15, 0.2) is 53.9 Å². The molecule has 0 saturated carbocycles. The van der Waals surface area contributed by atoms with Gasteiger partial charge in [0.05, 0.1) is 17.9 Å². The quantitative estimate of drug-likeness (QED) is 0.602. The number of carbonyl (C=O) groups excluding carboxylic acids is 2. The van der Waals surface area contributed by atoms with Gasteiger partial charge in [0.1, 0.15) is 10.8 Å². The summed E-state index contributed by atoms with van der Waals surface area (Å²) in [5, 5.41) is 5.63. The Morgan fingerprint density at radius 1 is 1.11 bits per heavy atom. The maximum absolute atomic E-state index is 12.2. The molecule has 0 saturated heterocycles. The van der Waals surface area contributed by atoms with Crippen LogP contribution in [0.3, 0.4) is 0 Å². The van der Waals surface area contributed by atoms with E-state index >= 15 is 0 Å². The molecule has 0 bridgehead atoms. The summed E-state index contributed by atoms with van der Waals surface area (Å²) in [6.07, 6.45) is 0. The molecule has 28 heavy (non-hydrogen) atoms. The van der Waals surface area contributed by atoms with Crippen LogP contribution in [-0.4, -0.2) is 30.1 Å². The number of rotatable bonds is 7. The number of aromatic nitrogens is 1. The Labute approximate surface area is 167 Å².